The first-order chi connectivity index (χ1) is 7.58. The normalized spacial score (nSPS) is 38.1. The van der Waals surface area contributed by atoms with E-state index in [9.17, 15) is 0 Å². The highest BCUT2D eigenvalue weighted by atomic mass is 16.6. The molecule has 4 heteroatoms. The Labute approximate surface area is 97.6 Å². The Bertz CT molecular complexity index is 244. The van der Waals surface area contributed by atoms with E-state index in [0.29, 0.717) is 13.2 Å². The predicted octanol–water partition coefficient (Wildman–Crippen LogP) is 0.949. The molecule has 0 aromatic rings. The molecule has 1 N–H and O–H groups in total. The van der Waals surface area contributed by atoms with Crippen molar-refractivity contribution in [3.05, 3.63) is 0 Å². The maximum Gasteiger partial charge on any atom is 0.112 e. The summed E-state index contributed by atoms with van der Waals surface area (Å²) in [5, 5.41) is 3.49. The summed E-state index contributed by atoms with van der Waals surface area (Å²) in [6, 6.07) is 0.253. The Kier molecular flexibility index (Phi) is 3.54. The van der Waals surface area contributed by atoms with E-state index < -0.39 is 0 Å². The van der Waals surface area contributed by atoms with Crippen molar-refractivity contribution in [2.45, 2.75) is 44.4 Å². The summed E-state index contributed by atoms with van der Waals surface area (Å²) in [6.07, 6.45) is 0.935. The molecule has 0 amide bonds. The number of ether oxygens (including phenoxy) is 3. The van der Waals surface area contributed by atoms with Gasteiger partial charge in [0.2, 0.25) is 0 Å². The van der Waals surface area contributed by atoms with Crippen LogP contribution in [0.2, 0.25) is 0 Å². The standard InChI is InChI=1S/C12H23NO3/c1-4-14-7-10-12(15-6-5-13-10)8-11(2,3)16-9-12/h10,13H,4-9H2,1-3H3. The molecule has 94 valence electrons. The lowest BCUT2D eigenvalue weighted by Crippen LogP contribution is -2.60. The second-order valence-corrected chi connectivity index (χ2v) is 5.30. The minimum atomic E-state index is -0.184. The quantitative estimate of drug-likeness (QED) is 0.782. The Balaban J connectivity index is 2.04. The Morgan fingerprint density at radius 2 is 2.19 bits per heavy atom. The molecule has 0 bridgehead atoms. The largest absolute Gasteiger partial charge is 0.380 e. The highest BCUT2D eigenvalue weighted by Gasteiger charge is 2.51. The SMILES string of the molecule is CCOCC1NCCOC12COC(C)(C)C2. The van der Waals surface area contributed by atoms with Crippen LogP contribution in [0, 0.1) is 0 Å². The van der Waals surface area contributed by atoms with Gasteiger partial charge in [-0.2, -0.15) is 0 Å². The van der Waals surface area contributed by atoms with E-state index in [1.165, 1.54) is 0 Å². The van der Waals surface area contributed by atoms with Crippen LogP contribution in [0.1, 0.15) is 27.2 Å². The molecule has 2 aliphatic heterocycles. The predicted molar refractivity (Wildman–Crippen MR) is 61.6 cm³/mol. The molecule has 1 spiro atoms. The van der Waals surface area contributed by atoms with Gasteiger partial charge in [-0.1, -0.05) is 0 Å². The van der Waals surface area contributed by atoms with Gasteiger partial charge in [0.1, 0.15) is 5.60 Å². The van der Waals surface area contributed by atoms with Gasteiger partial charge in [-0.3, -0.25) is 0 Å². The highest BCUT2D eigenvalue weighted by molar-refractivity contribution is 5.04. The number of nitrogens with one attached hydrogen (secondary N) is 1. The Morgan fingerprint density at radius 3 is 2.81 bits per heavy atom. The molecule has 0 aromatic carbocycles. The van der Waals surface area contributed by atoms with Crippen LogP contribution in [0.25, 0.3) is 0 Å². The third kappa shape index (κ3) is 2.40. The number of hydrogen-bond acceptors (Lipinski definition) is 4. The van der Waals surface area contributed by atoms with Crippen molar-refractivity contribution in [1.29, 1.82) is 0 Å². The molecule has 2 aliphatic rings. The molecule has 2 unspecified atom stereocenters. The molecular weight excluding hydrogens is 206 g/mol. The molecule has 0 aliphatic carbocycles. The van der Waals surface area contributed by atoms with E-state index >= 15 is 0 Å². The number of hydrogen-bond donors (Lipinski definition) is 1. The average molecular weight is 229 g/mol. The molecule has 2 fully saturated rings. The summed E-state index contributed by atoms with van der Waals surface area (Å²) in [5.41, 5.74) is -0.263. The molecule has 2 rings (SSSR count). The fourth-order valence-electron chi connectivity index (χ4n) is 2.68. The third-order valence-electron chi connectivity index (χ3n) is 3.44. The van der Waals surface area contributed by atoms with Crippen LogP contribution >= 0.6 is 0 Å². The van der Waals surface area contributed by atoms with E-state index in [0.717, 1.165) is 26.2 Å². The first-order valence-electron chi connectivity index (χ1n) is 6.17. The lowest BCUT2D eigenvalue weighted by Gasteiger charge is -2.41. The summed E-state index contributed by atoms with van der Waals surface area (Å²) in [4.78, 5) is 0. The first kappa shape index (κ1) is 12.3. The summed E-state index contributed by atoms with van der Waals surface area (Å²) in [6.45, 7) is 10.1. The topological polar surface area (TPSA) is 39.7 Å². The van der Waals surface area contributed by atoms with E-state index in [1.54, 1.807) is 0 Å². The lowest BCUT2D eigenvalue weighted by atomic mass is 9.86. The van der Waals surface area contributed by atoms with Crippen molar-refractivity contribution in [3.63, 3.8) is 0 Å². The summed E-state index contributed by atoms with van der Waals surface area (Å²) in [7, 11) is 0. The second-order valence-electron chi connectivity index (χ2n) is 5.30. The van der Waals surface area contributed by atoms with Crippen molar-refractivity contribution in [1.82, 2.24) is 5.32 Å². The molecule has 0 aromatic heterocycles. The van der Waals surface area contributed by atoms with E-state index in [-0.39, 0.29) is 17.2 Å². The first-order valence-corrected chi connectivity index (χ1v) is 6.17. The van der Waals surface area contributed by atoms with E-state index in [2.05, 4.69) is 19.2 Å². The maximum atomic E-state index is 6.00. The number of rotatable bonds is 3. The van der Waals surface area contributed by atoms with Crippen molar-refractivity contribution in [2.24, 2.45) is 0 Å². The van der Waals surface area contributed by atoms with Crippen LogP contribution < -0.4 is 5.32 Å². The highest BCUT2D eigenvalue weighted by Crippen LogP contribution is 2.38. The molecular formula is C12H23NO3. The van der Waals surface area contributed by atoms with Crippen LogP contribution in [0.5, 0.6) is 0 Å². The van der Waals surface area contributed by atoms with E-state index in [4.69, 9.17) is 14.2 Å². The van der Waals surface area contributed by atoms with Gasteiger partial charge in [-0.25, -0.2) is 0 Å². The van der Waals surface area contributed by atoms with Gasteiger partial charge in [0, 0.05) is 19.6 Å². The van der Waals surface area contributed by atoms with Crippen LogP contribution in [0.15, 0.2) is 0 Å². The van der Waals surface area contributed by atoms with Crippen molar-refractivity contribution < 1.29 is 14.2 Å². The van der Waals surface area contributed by atoms with Gasteiger partial charge in [-0.15, -0.1) is 0 Å². The Morgan fingerprint density at radius 1 is 1.38 bits per heavy atom. The summed E-state index contributed by atoms with van der Waals surface area (Å²) in [5.74, 6) is 0. The molecule has 0 radical (unpaired) electrons. The van der Waals surface area contributed by atoms with Gasteiger partial charge in [-0.05, 0) is 20.8 Å². The zero-order valence-electron chi connectivity index (χ0n) is 10.5. The maximum absolute atomic E-state index is 6.00. The third-order valence-corrected chi connectivity index (χ3v) is 3.44. The molecule has 2 saturated heterocycles. The van der Waals surface area contributed by atoms with Gasteiger partial charge in [0.15, 0.2) is 0 Å². The second kappa shape index (κ2) is 4.61. The minimum absolute atomic E-state index is 0.0799. The van der Waals surface area contributed by atoms with Crippen molar-refractivity contribution >= 4 is 0 Å². The summed E-state index contributed by atoms with van der Waals surface area (Å²) < 4.78 is 17.4. The fraction of sp³-hybridized carbons (Fsp3) is 1.00. The lowest BCUT2D eigenvalue weighted by molar-refractivity contribution is -0.113. The molecule has 2 atom stereocenters. The summed E-state index contributed by atoms with van der Waals surface area (Å²) >= 11 is 0. The Hall–Kier alpha value is -0.160. The van der Waals surface area contributed by atoms with Crippen LogP contribution in [0.4, 0.5) is 0 Å². The van der Waals surface area contributed by atoms with Crippen LogP contribution in [-0.4, -0.2) is 50.2 Å². The van der Waals surface area contributed by atoms with Crippen LogP contribution in [0.3, 0.4) is 0 Å². The van der Waals surface area contributed by atoms with Gasteiger partial charge < -0.3 is 19.5 Å². The van der Waals surface area contributed by atoms with Crippen LogP contribution in [-0.2, 0) is 14.2 Å². The monoisotopic (exact) mass is 229 g/mol. The smallest absolute Gasteiger partial charge is 0.112 e. The zero-order valence-corrected chi connectivity index (χ0v) is 10.5. The fourth-order valence-corrected chi connectivity index (χ4v) is 2.68. The van der Waals surface area contributed by atoms with E-state index in [1.807, 2.05) is 6.92 Å². The molecule has 16 heavy (non-hydrogen) atoms. The van der Waals surface area contributed by atoms with Crippen molar-refractivity contribution in [3.8, 4) is 0 Å². The van der Waals surface area contributed by atoms with Crippen molar-refractivity contribution in [2.75, 3.05) is 33.0 Å². The van der Waals surface area contributed by atoms with Gasteiger partial charge in [0.25, 0.3) is 0 Å². The molecule has 2 heterocycles. The minimum Gasteiger partial charge on any atom is -0.380 e. The average Bonchev–Trinajstić information content (AvgIpc) is 2.54. The molecule has 0 saturated carbocycles. The van der Waals surface area contributed by atoms with Gasteiger partial charge in [0.05, 0.1) is 31.5 Å². The zero-order chi connectivity index (χ0) is 11.6. The number of morpholine rings is 1. The van der Waals surface area contributed by atoms with Gasteiger partial charge >= 0.3 is 0 Å². The molecule has 4 nitrogen and oxygen atoms in total.